The number of benzene rings is 2. The van der Waals surface area contributed by atoms with Gasteiger partial charge in [-0.3, -0.25) is 19.3 Å². The molecule has 2 aliphatic rings. The smallest absolute Gasteiger partial charge is 0.252 e. The predicted octanol–water partition coefficient (Wildman–Crippen LogP) is 1.90. The van der Waals surface area contributed by atoms with E-state index in [0.29, 0.717) is 44.2 Å². The second-order valence-electron chi connectivity index (χ2n) is 8.54. The summed E-state index contributed by atoms with van der Waals surface area (Å²) in [6.45, 7) is 4.23. The number of halogens is 1. The van der Waals surface area contributed by atoms with Gasteiger partial charge in [-0.05, 0) is 71.1 Å². The van der Waals surface area contributed by atoms with Gasteiger partial charge >= 0.3 is 0 Å². The van der Waals surface area contributed by atoms with Crippen molar-refractivity contribution in [3.05, 3.63) is 52.1 Å². The van der Waals surface area contributed by atoms with Crippen LogP contribution in [0.15, 0.2) is 53.4 Å². The molecule has 10 nitrogen and oxygen atoms in total. The molecule has 3 amide bonds. The van der Waals surface area contributed by atoms with Gasteiger partial charge in [0.15, 0.2) is 0 Å². The highest BCUT2D eigenvalue weighted by atomic mass is 127. The van der Waals surface area contributed by atoms with E-state index in [1.165, 1.54) is 31.2 Å². The van der Waals surface area contributed by atoms with Crippen molar-refractivity contribution >= 4 is 61.7 Å². The Morgan fingerprint density at radius 1 is 1.08 bits per heavy atom. The number of rotatable bonds is 8. The summed E-state index contributed by atoms with van der Waals surface area (Å²) in [6.07, 6.45) is -0.239. The minimum atomic E-state index is -4.14. The van der Waals surface area contributed by atoms with Gasteiger partial charge in [0.1, 0.15) is 6.04 Å². The predicted molar refractivity (Wildman–Crippen MR) is 142 cm³/mol. The molecule has 2 aromatic rings. The maximum absolute atomic E-state index is 13.8. The molecule has 0 radical (unpaired) electrons. The van der Waals surface area contributed by atoms with Crippen LogP contribution in [0.3, 0.4) is 0 Å². The second-order valence-corrected chi connectivity index (χ2v) is 11.7. The molecule has 0 bridgehead atoms. The van der Waals surface area contributed by atoms with Crippen molar-refractivity contribution in [2.24, 2.45) is 0 Å². The van der Waals surface area contributed by atoms with Gasteiger partial charge in [0.25, 0.3) is 5.91 Å². The summed E-state index contributed by atoms with van der Waals surface area (Å²) in [6, 6.07) is 11.5. The minimum absolute atomic E-state index is 0.0217. The number of morpholine rings is 1. The highest BCUT2D eigenvalue weighted by Crippen LogP contribution is 2.30. The van der Waals surface area contributed by atoms with E-state index >= 15 is 0 Å². The van der Waals surface area contributed by atoms with Crippen LogP contribution in [0.4, 0.5) is 11.4 Å². The molecule has 192 valence electrons. The fraction of sp³-hybridized carbons (Fsp3) is 0.375. The highest BCUT2D eigenvalue weighted by molar-refractivity contribution is 14.1. The zero-order chi connectivity index (χ0) is 25.9. The first-order valence-electron chi connectivity index (χ1n) is 11.5. The fourth-order valence-corrected chi connectivity index (χ4v) is 6.19. The Hall–Kier alpha value is -2.39. The number of hydrogen-bond acceptors (Lipinski definition) is 7. The van der Waals surface area contributed by atoms with Crippen molar-refractivity contribution in [1.82, 2.24) is 9.21 Å². The van der Waals surface area contributed by atoms with E-state index in [4.69, 9.17) is 4.74 Å². The van der Waals surface area contributed by atoms with Crippen molar-refractivity contribution in [2.45, 2.75) is 24.3 Å². The molecule has 0 spiro atoms. The standard InChI is InChI=1S/C24H27IN4O6S/c1-17(30)26-19-4-8-21(9-5-19)36(33,34)28(11-10-27-12-14-35-15-13-27)22-16-23(31)29(24(22)32)20-6-2-18(25)3-7-20/h2-9,22H,10-16H2,1H3,(H,26,30). The van der Waals surface area contributed by atoms with Crippen molar-refractivity contribution < 1.29 is 27.5 Å². The molecule has 2 fully saturated rings. The Labute approximate surface area is 223 Å². The van der Waals surface area contributed by atoms with Crippen LogP contribution in [0, 0.1) is 3.57 Å². The van der Waals surface area contributed by atoms with Crippen molar-refractivity contribution in [2.75, 3.05) is 49.6 Å². The summed E-state index contributed by atoms with van der Waals surface area (Å²) < 4.78 is 35.0. The topological polar surface area (TPSA) is 116 Å². The van der Waals surface area contributed by atoms with Gasteiger partial charge in [-0.15, -0.1) is 0 Å². The van der Waals surface area contributed by atoms with E-state index in [0.717, 1.165) is 12.8 Å². The van der Waals surface area contributed by atoms with E-state index in [-0.39, 0.29) is 23.8 Å². The molecule has 0 aliphatic carbocycles. The third kappa shape index (κ3) is 5.94. The molecule has 2 saturated heterocycles. The molecule has 12 heteroatoms. The number of sulfonamides is 1. The lowest BCUT2D eigenvalue weighted by molar-refractivity contribution is -0.122. The summed E-state index contributed by atoms with van der Waals surface area (Å²) in [5.41, 5.74) is 0.872. The fourth-order valence-electron chi connectivity index (χ4n) is 4.26. The molecule has 1 unspecified atom stereocenters. The quantitative estimate of drug-likeness (QED) is 0.352. The van der Waals surface area contributed by atoms with E-state index in [2.05, 4.69) is 32.8 Å². The van der Waals surface area contributed by atoms with Gasteiger partial charge in [0.2, 0.25) is 21.8 Å². The Morgan fingerprint density at radius 3 is 2.33 bits per heavy atom. The van der Waals surface area contributed by atoms with Crippen LogP contribution in [0.2, 0.25) is 0 Å². The molecule has 2 heterocycles. The molecule has 0 aromatic heterocycles. The number of nitrogens with zero attached hydrogens (tertiary/aromatic N) is 3. The van der Waals surface area contributed by atoms with Gasteiger partial charge in [-0.25, -0.2) is 13.3 Å². The van der Waals surface area contributed by atoms with Gasteiger partial charge in [0.05, 0.1) is 30.2 Å². The van der Waals surface area contributed by atoms with E-state index in [1.807, 2.05) is 0 Å². The Bertz CT molecular complexity index is 1230. The number of imide groups is 1. The average molecular weight is 626 g/mol. The number of amides is 3. The zero-order valence-corrected chi connectivity index (χ0v) is 22.7. The number of anilines is 2. The summed E-state index contributed by atoms with van der Waals surface area (Å²) in [5.74, 6) is -1.29. The molecule has 1 N–H and O–H groups in total. The average Bonchev–Trinajstić information content (AvgIpc) is 3.14. The third-order valence-electron chi connectivity index (χ3n) is 6.08. The molecule has 1 atom stereocenters. The third-order valence-corrected chi connectivity index (χ3v) is 8.72. The number of nitrogens with one attached hydrogen (secondary N) is 1. The summed E-state index contributed by atoms with van der Waals surface area (Å²) in [4.78, 5) is 40.8. The normalized spacial score (nSPS) is 19.2. The second kappa shape index (κ2) is 11.3. The lowest BCUT2D eigenvalue weighted by Gasteiger charge is -2.31. The molecular formula is C24H27IN4O6S. The van der Waals surface area contributed by atoms with Gasteiger partial charge < -0.3 is 10.1 Å². The van der Waals surface area contributed by atoms with Crippen LogP contribution in [-0.4, -0.2) is 80.8 Å². The molecule has 4 rings (SSSR count). The number of hydrogen-bond donors (Lipinski definition) is 1. The maximum Gasteiger partial charge on any atom is 0.252 e. The molecule has 36 heavy (non-hydrogen) atoms. The Balaban J connectivity index is 1.63. The Kier molecular flexibility index (Phi) is 8.40. The van der Waals surface area contributed by atoms with Crippen molar-refractivity contribution in [1.29, 1.82) is 0 Å². The van der Waals surface area contributed by atoms with Crippen LogP contribution >= 0.6 is 22.6 Å². The van der Waals surface area contributed by atoms with Crippen LogP contribution in [-0.2, 0) is 29.1 Å². The lowest BCUT2D eigenvalue weighted by Crippen LogP contribution is -2.49. The molecular weight excluding hydrogens is 599 g/mol. The van der Waals surface area contributed by atoms with E-state index < -0.39 is 27.9 Å². The zero-order valence-electron chi connectivity index (χ0n) is 19.7. The van der Waals surface area contributed by atoms with E-state index in [9.17, 15) is 22.8 Å². The van der Waals surface area contributed by atoms with Crippen LogP contribution in [0.5, 0.6) is 0 Å². The number of carbonyl (C=O) groups excluding carboxylic acids is 3. The maximum atomic E-state index is 13.8. The number of ether oxygens (including phenoxy) is 1. The first-order chi connectivity index (χ1) is 17.2. The SMILES string of the molecule is CC(=O)Nc1ccc(S(=O)(=O)N(CCN2CCOCC2)C2CC(=O)N(c3ccc(I)cc3)C2=O)cc1. The van der Waals surface area contributed by atoms with Gasteiger partial charge in [-0.2, -0.15) is 4.31 Å². The summed E-state index contributed by atoms with van der Waals surface area (Å²) >= 11 is 2.13. The van der Waals surface area contributed by atoms with Crippen LogP contribution in [0.25, 0.3) is 0 Å². The molecule has 0 saturated carbocycles. The molecule has 2 aliphatic heterocycles. The monoisotopic (exact) mass is 626 g/mol. The first-order valence-corrected chi connectivity index (χ1v) is 14.0. The minimum Gasteiger partial charge on any atom is -0.379 e. The lowest BCUT2D eigenvalue weighted by atomic mass is 10.2. The highest BCUT2D eigenvalue weighted by Gasteiger charge is 2.47. The first kappa shape index (κ1) is 26.7. The van der Waals surface area contributed by atoms with Crippen molar-refractivity contribution in [3.63, 3.8) is 0 Å². The molecule has 2 aromatic carbocycles. The van der Waals surface area contributed by atoms with Crippen LogP contribution < -0.4 is 10.2 Å². The number of carbonyl (C=O) groups is 3. The van der Waals surface area contributed by atoms with Gasteiger partial charge in [0, 0.05) is 42.4 Å². The van der Waals surface area contributed by atoms with Crippen molar-refractivity contribution in [3.8, 4) is 0 Å². The Morgan fingerprint density at radius 2 is 1.72 bits per heavy atom. The summed E-state index contributed by atoms with van der Waals surface area (Å²) in [5, 5.41) is 2.60. The summed E-state index contributed by atoms with van der Waals surface area (Å²) in [7, 11) is -4.14. The van der Waals surface area contributed by atoms with Gasteiger partial charge in [-0.1, -0.05) is 0 Å². The van der Waals surface area contributed by atoms with E-state index in [1.54, 1.807) is 24.3 Å². The largest absolute Gasteiger partial charge is 0.379 e. The van der Waals surface area contributed by atoms with Crippen LogP contribution in [0.1, 0.15) is 13.3 Å².